The molecule has 0 radical (unpaired) electrons. The SMILES string of the molecule is Cc1ccc([N+](=O)[O-])cc1NC(=O)CSc1nc(-c2ccc(Br)cc2)cs1. The lowest BCUT2D eigenvalue weighted by Gasteiger charge is -2.07. The van der Waals surface area contributed by atoms with Gasteiger partial charge in [-0.1, -0.05) is 45.9 Å². The zero-order valence-electron chi connectivity index (χ0n) is 14.1. The number of carbonyl (C=O) groups is 1. The predicted octanol–water partition coefficient (Wildman–Crippen LogP) is 5.52. The number of nitrogens with zero attached hydrogens (tertiary/aromatic N) is 2. The van der Waals surface area contributed by atoms with Crippen molar-refractivity contribution in [2.24, 2.45) is 0 Å². The number of hydrogen-bond donors (Lipinski definition) is 1. The molecule has 27 heavy (non-hydrogen) atoms. The number of thiazole rings is 1. The molecule has 0 unspecified atom stereocenters. The largest absolute Gasteiger partial charge is 0.325 e. The number of halogens is 1. The highest BCUT2D eigenvalue weighted by atomic mass is 79.9. The maximum atomic E-state index is 12.2. The molecular weight excluding hydrogens is 450 g/mol. The van der Waals surface area contributed by atoms with Crippen LogP contribution >= 0.6 is 39.0 Å². The van der Waals surface area contributed by atoms with Gasteiger partial charge in [-0.3, -0.25) is 14.9 Å². The van der Waals surface area contributed by atoms with Crippen LogP contribution < -0.4 is 5.32 Å². The molecule has 1 N–H and O–H groups in total. The fraction of sp³-hybridized carbons (Fsp3) is 0.111. The van der Waals surface area contributed by atoms with Gasteiger partial charge in [0.05, 0.1) is 22.1 Å². The van der Waals surface area contributed by atoms with Gasteiger partial charge in [0.2, 0.25) is 5.91 Å². The van der Waals surface area contributed by atoms with Gasteiger partial charge < -0.3 is 5.32 Å². The molecule has 1 amide bonds. The van der Waals surface area contributed by atoms with Crippen molar-refractivity contribution in [1.29, 1.82) is 0 Å². The van der Waals surface area contributed by atoms with Gasteiger partial charge in [-0.2, -0.15) is 0 Å². The Morgan fingerprint density at radius 3 is 2.74 bits per heavy atom. The van der Waals surface area contributed by atoms with E-state index in [2.05, 4.69) is 26.2 Å². The molecule has 2 aromatic carbocycles. The average molecular weight is 464 g/mol. The van der Waals surface area contributed by atoms with Gasteiger partial charge in [0.15, 0.2) is 4.34 Å². The second kappa shape index (κ2) is 8.64. The number of anilines is 1. The van der Waals surface area contributed by atoms with Crippen LogP contribution in [0, 0.1) is 17.0 Å². The van der Waals surface area contributed by atoms with E-state index in [9.17, 15) is 14.9 Å². The topological polar surface area (TPSA) is 85.1 Å². The summed E-state index contributed by atoms with van der Waals surface area (Å²) in [6.07, 6.45) is 0. The maximum absolute atomic E-state index is 12.2. The summed E-state index contributed by atoms with van der Waals surface area (Å²) < 4.78 is 1.79. The number of nitro groups is 1. The molecule has 0 aliphatic carbocycles. The third kappa shape index (κ3) is 5.15. The number of nitro benzene ring substituents is 1. The second-order valence-electron chi connectivity index (χ2n) is 5.60. The quantitative estimate of drug-likeness (QED) is 0.295. The number of aromatic nitrogens is 1. The second-order valence-corrected chi connectivity index (χ2v) is 8.59. The molecule has 0 fully saturated rings. The zero-order valence-corrected chi connectivity index (χ0v) is 17.4. The van der Waals surface area contributed by atoms with Crippen molar-refractivity contribution < 1.29 is 9.72 Å². The molecule has 138 valence electrons. The van der Waals surface area contributed by atoms with Crippen LogP contribution in [0.1, 0.15) is 5.56 Å². The maximum Gasteiger partial charge on any atom is 0.271 e. The lowest BCUT2D eigenvalue weighted by atomic mass is 10.2. The Balaban J connectivity index is 1.61. The summed E-state index contributed by atoms with van der Waals surface area (Å²) in [5.41, 5.74) is 3.04. The van der Waals surface area contributed by atoms with Crippen molar-refractivity contribution in [2.75, 3.05) is 11.1 Å². The van der Waals surface area contributed by atoms with E-state index in [-0.39, 0.29) is 17.3 Å². The summed E-state index contributed by atoms with van der Waals surface area (Å²) in [5, 5.41) is 15.6. The molecule has 9 heteroatoms. The van der Waals surface area contributed by atoms with Crippen molar-refractivity contribution in [2.45, 2.75) is 11.3 Å². The Bertz CT molecular complexity index is 990. The van der Waals surface area contributed by atoms with Crippen LogP contribution in [0.5, 0.6) is 0 Å². The number of non-ortho nitro benzene ring substituents is 1. The number of carbonyl (C=O) groups excluding carboxylic acids is 1. The minimum absolute atomic E-state index is 0.0531. The Hall–Kier alpha value is -2.23. The van der Waals surface area contributed by atoms with Crippen molar-refractivity contribution in [3.05, 3.63) is 68.0 Å². The molecule has 0 saturated heterocycles. The molecule has 0 aliphatic rings. The van der Waals surface area contributed by atoms with E-state index >= 15 is 0 Å². The van der Waals surface area contributed by atoms with Crippen LogP contribution in [0.3, 0.4) is 0 Å². The molecule has 0 saturated carbocycles. The van der Waals surface area contributed by atoms with Crippen LogP contribution in [0.15, 0.2) is 56.7 Å². The number of amides is 1. The minimum Gasteiger partial charge on any atom is -0.325 e. The first-order valence-electron chi connectivity index (χ1n) is 7.81. The van der Waals surface area contributed by atoms with Crippen molar-refractivity contribution >= 4 is 56.3 Å². The summed E-state index contributed by atoms with van der Waals surface area (Å²) in [7, 11) is 0. The van der Waals surface area contributed by atoms with Gasteiger partial charge in [0.25, 0.3) is 5.69 Å². The highest BCUT2D eigenvalue weighted by Gasteiger charge is 2.12. The number of nitrogens with one attached hydrogen (secondary N) is 1. The first-order chi connectivity index (χ1) is 12.9. The number of benzene rings is 2. The monoisotopic (exact) mass is 463 g/mol. The van der Waals surface area contributed by atoms with E-state index in [0.717, 1.165) is 25.6 Å². The van der Waals surface area contributed by atoms with E-state index in [4.69, 9.17) is 0 Å². The van der Waals surface area contributed by atoms with Crippen LogP contribution in [-0.4, -0.2) is 21.6 Å². The normalized spacial score (nSPS) is 10.6. The summed E-state index contributed by atoms with van der Waals surface area (Å²) in [5.74, 6) is -0.0564. The Kier molecular flexibility index (Phi) is 6.25. The third-order valence-corrected chi connectivity index (χ3v) is 6.21. The lowest BCUT2D eigenvalue weighted by Crippen LogP contribution is -2.15. The summed E-state index contributed by atoms with van der Waals surface area (Å²) in [6.45, 7) is 1.79. The number of hydrogen-bond acceptors (Lipinski definition) is 6. The van der Waals surface area contributed by atoms with Gasteiger partial charge in [-0.05, 0) is 24.6 Å². The molecule has 0 bridgehead atoms. The van der Waals surface area contributed by atoms with E-state index in [1.807, 2.05) is 29.6 Å². The molecular formula is C18H14BrN3O3S2. The molecule has 3 rings (SSSR count). The van der Waals surface area contributed by atoms with E-state index in [1.54, 1.807) is 13.0 Å². The predicted molar refractivity (Wildman–Crippen MR) is 112 cm³/mol. The van der Waals surface area contributed by atoms with Crippen LogP contribution in [-0.2, 0) is 4.79 Å². The molecule has 0 spiro atoms. The number of rotatable bonds is 6. The molecule has 1 aromatic heterocycles. The Morgan fingerprint density at radius 2 is 2.04 bits per heavy atom. The zero-order chi connectivity index (χ0) is 19.4. The minimum atomic E-state index is -0.483. The van der Waals surface area contributed by atoms with Gasteiger partial charge in [-0.15, -0.1) is 11.3 Å². The summed E-state index contributed by atoms with van der Waals surface area (Å²) >= 11 is 6.22. The van der Waals surface area contributed by atoms with E-state index in [0.29, 0.717) is 5.69 Å². The standard InChI is InChI=1S/C18H14BrN3O3S2/c1-11-2-7-14(22(24)25)8-15(11)20-17(23)10-27-18-21-16(9-26-18)12-3-5-13(19)6-4-12/h2-9H,10H2,1H3,(H,20,23). The fourth-order valence-corrected chi connectivity index (χ4v) is 4.15. The van der Waals surface area contributed by atoms with Gasteiger partial charge in [-0.25, -0.2) is 4.98 Å². The molecule has 0 aliphatic heterocycles. The molecule has 1 heterocycles. The summed E-state index contributed by atoms with van der Waals surface area (Å²) in [6, 6.07) is 12.3. The lowest BCUT2D eigenvalue weighted by molar-refractivity contribution is -0.384. The Labute approximate surface area is 172 Å². The molecule has 0 atom stereocenters. The highest BCUT2D eigenvalue weighted by Crippen LogP contribution is 2.29. The van der Waals surface area contributed by atoms with Crippen LogP contribution in [0.2, 0.25) is 0 Å². The van der Waals surface area contributed by atoms with Crippen molar-refractivity contribution in [3.8, 4) is 11.3 Å². The molecule has 6 nitrogen and oxygen atoms in total. The molecule has 3 aromatic rings. The first kappa shape index (κ1) is 19.5. The fourth-order valence-electron chi connectivity index (χ4n) is 2.25. The van der Waals surface area contributed by atoms with E-state index < -0.39 is 4.92 Å². The van der Waals surface area contributed by atoms with Gasteiger partial charge >= 0.3 is 0 Å². The highest BCUT2D eigenvalue weighted by molar-refractivity contribution is 9.10. The Morgan fingerprint density at radius 1 is 1.30 bits per heavy atom. The van der Waals surface area contributed by atoms with Crippen LogP contribution in [0.25, 0.3) is 11.3 Å². The number of thioether (sulfide) groups is 1. The van der Waals surface area contributed by atoms with Gasteiger partial charge in [0.1, 0.15) is 0 Å². The average Bonchev–Trinajstić information content (AvgIpc) is 3.11. The van der Waals surface area contributed by atoms with Crippen molar-refractivity contribution in [3.63, 3.8) is 0 Å². The van der Waals surface area contributed by atoms with E-state index in [1.165, 1.54) is 35.2 Å². The summed E-state index contributed by atoms with van der Waals surface area (Å²) in [4.78, 5) is 27.1. The van der Waals surface area contributed by atoms with Crippen LogP contribution in [0.4, 0.5) is 11.4 Å². The first-order valence-corrected chi connectivity index (χ1v) is 10.5. The van der Waals surface area contributed by atoms with Gasteiger partial charge in [0, 0.05) is 27.5 Å². The smallest absolute Gasteiger partial charge is 0.271 e. The van der Waals surface area contributed by atoms with Crippen molar-refractivity contribution in [1.82, 2.24) is 4.98 Å². The number of aryl methyl sites for hydroxylation is 1. The third-order valence-electron chi connectivity index (χ3n) is 3.66.